The molecule has 0 aliphatic carbocycles. The van der Waals surface area contributed by atoms with Gasteiger partial charge in [0.2, 0.25) is 15.9 Å². The van der Waals surface area contributed by atoms with Crippen molar-refractivity contribution in [3.8, 4) is 11.1 Å². The lowest BCUT2D eigenvalue weighted by molar-refractivity contribution is -0.276. The van der Waals surface area contributed by atoms with Crippen molar-refractivity contribution in [2.75, 3.05) is 19.6 Å². The van der Waals surface area contributed by atoms with Crippen molar-refractivity contribution in [3.05, 3.63) is 161 Å². The van der Waals surface area contributed by atoms with E-state index in [1.54, 1.807) is 24.3 Å². The number of aliphatic hydroxyl groups excluding tert-OH is 1. The van der Waals surface area contributed by atoms with Gasteiger partial charge < -0.3 is 24.8 Å². The molecule has 5 aromatic carbocycles. The zero-order chi connectivity index (χ0) is 41.2. The lowest BCUT2D eigenvalue weighted by Gasteiger charge is -2.43. The predicted octanol–water partition coefficient (Wildman–Crippen LogP) is 8.42. The van der Waals surface area contributed by atoms with Crippen LogP contribution in [0, 0.1) is 12.8 Å². The zero-order valence-corrected chi connectivity index (χ0v) is 34.9. The molecule has 2 aliphatic heterocycles. The van der Waals surface area contributed by atoms with E-state index in [0.29, 0.717) is 0 Å². The van der Waals surface area contributed by atoms with Gasteiger partial charge in [0.15, 0.2) is 6.29 Å². The van der Waals surface area contributed by atoms with Crippen molar-refractivity contribution < 1.29 is 27.8 Å². The van der Waals surface area contributed by atoms with Gasteiger partial charge in [0.1, 0.15) is 6.04 Å². The molecule has 0 radical (unpaired) electrons. The second kappa shape index (κ2) is 20.1. The van der Waals surface area contributed by atoms with Crippen molar-refractivity contribution >= 4 is 15.9 Å². The molecule has 0 saturated carbocycles. The minimum absolute atomic E-state index is 0.00266. The third kappa shape index (κ3) is 11.3. The Morgan fingerprint density at radius 3 is 2.10 bits per heavy atom. The van der Waals surface area contributed by atoms with Crippen molar-refractivity contribution in [1.82, 2.24) is 14.9 Å². The Balaban J connectivity index is 1.04. The van der Waals surface area contributed by atoms with Gasteiger partial charge in [-0.15, -0.1) is 0 Å². The van der Waals surface area contributed by atoms with Crippen LogP contribution in [0.1, 0.15) is 84.8 Å². The summed E-state index contributed by atoms with van der Waals surface area (Å²) < 4.78 is 43.0. The number of aryl methyl sites for hydroxylation is 1. The van der Waals surface area contributed by atoms with Gasteiger partial charge in [-0.3, -0.25) is 4.79 Å². The Kier molecular flexibility index (Phi) is 14.4. The second-order valence-electron chi connectivity index (χ2n) is 16.1. The fourth-order valence-electron chi connectivity index (χ4n) is 8.09. The third-order valence-corrected chi connectivity index (χ3v) is 13.1. The van der Waals surface area contributed by atoms with E-state index in [2.05, 4.69) is 58.3 Å². The number of hydrogen-bond donors (Lipinski definition) is 3. The fraction of sp³-hybridized carbons (Fsp3) is 0.367. The molecule has 2 aliphatic rings. The van der Waals surface area contributed by atoms with E-state index in [1.165, 1.54) is 32.1 Å². The van der Waals surface area contributed by atoms with Crippen LogP contribution in [0.5, 0.6) is 0 Å². The zero-order valence-electron chi connectivity index (χ0n) is 34.1. The summed E-state index contributed by atoms with van der Waals surface area (Å²) in [7, 11) is -3.95. The third-order valence-electron chi connectivity index (χ3n) is 11.6. The van der Waals surface area contributed by atoms with E-state index in [-0.39, 0.29) is 42.6 Å². The summed E-state index contributed by atoms with van der Waals surface area (Å²) in [5, 5.41) is 12.6. The summed E-state index contributed by atoms with van der Waals surface area (Å²) in [5.41, 5.74) is 7.56. The SMILES string of the molecule is Cc1ccc(S(=O)(=O)N[C@H](Cc2ccccc2)C(=O)NCc2cccc(-c3ccc([C@@H]4O[C@H](CN5CCCCCCC5)[C@H](C)[C@H](c5ccc(CO)cc5)O4)cc3)c2)cc1. The van der Waals surface area contributed by atoms with Crippen LogP contribution < -0.4 is 10.0 Å². The highest BCUT2D eigenvalue weighted by atomic mass is 32.2. The van der Waals surface area contributed by atoms with Crippen LogP contribution in [-0.2, 0) is 43.9 Å². The molecule has 5 aromatic rings. The molecule has 0 bridgehead atoms. The van der Waals surface area contributed by atoms with Gasteiger partial charge in [0.25, 0.3) is 0 Å². The number of rotatable bonds is 14. The first-order valence-electron chi connectivity index (χ1n) is 21.0. The maximum absolute atomic E-state index is 13.7. The molecule has 0 spiro atoms. The lowest BCUT2D eigenvalue weighted by atomic mass is 9.89. The summed E-state index contributed by atoms with van der Waals surface area (Å²) >= 11 is 0. The molecule has 310 valence electrons. The van der Waals surface area contributed by atoms with Crippen LogP contribution in [-0.4, -0.2) is 56.1 Å². The van der Waals surface area contributed by atoms with Gasteiger partial charge in [-0.2, -0.15) is 4.72 Å². The number of carbonyl (C=O) groups is 1. The maximum atomic E-state index is 13.7. The molecule has 3 N–H and O–H groups in total. The number of aliphatic hydroxyl groups is 1. The first kappa shape index (κ1) is 42.4. The Hall–Kier alpha value is -4.68. The van der Waals surface area contributed by atoms with Gasteiger partial charge in [-0.25, -0.2) is 8.42 Å². The molecule has 5 atom stereocenters. The molecule has 2 saturated heterocycles. The summed E-state index contributed by atoms with van der Waals surface area (Å²) in [4.78, 5) is 16.4. The maximum Gasteiger partial charge on any atom is 0.241 e. The van der Waals surface area contributed by atoms with Crippen LogP contribution in [0.2, 0.25) is 0 Å². The van der Waals surface area contributed by atoms with Gasteiger partial charge >= 0.3 is 0 Å². The van der Waals surface area contributed by atoms with Crippen LogP contribution in [0.4, 0.5) is 0 Å². The highest BCUT2D eigenvalue weighted by Gasteiger charge is 2.39. The first-order chi connectivity index (χ1) is 28.6. The molecule has 2 fully saturated rings. The summed E-state index contributed by atoms with van der Waals surface area (Å²) in [6.07, 6.45) is 5.77. The number of hydrogen-bond acceptors (Lipinski definition) is 7. The molecule has 1 amide bonds. The number of nitrogens with zero attached hydrogens (tertiary/aromatic N) is 1. The quantitative estimate of drug-likeness (QED) is 0.103. The first-order valence-corrected chi connectivity index (χ1v) is 22.5. The van der Waals surface area contributed by atoms with E-state index in [4.69, 9.17) is 9.47 Å². The van der Waals surface area contributed by atoms with E-state index >= 15 is 0 Å². The minimum Gasteiger partial charge on any atom is -0.392 e. The predicted molar refractivity (Wildman–Crippen MR) is 232 cm³/mol. The Labute approximate surface area is 349 Å². The molecule has 9 nitrogen and oxygen atoms in total. The average molecular weight is 816 g/mol. The molecule has 0 unspecified atom stereocenters. The van der Waals surface area contributed by atoms with E-state index in [1.807, 2.05) is 73.7 Å². The monoisotopic (exact) mass is 815 g/mol. The highest BCUT2D eigenvalue weighted by Crippen LogP contribution is 2.42. The minimum atomic E-state index is -3.95. The molecule has 2 heterocycles. The van der Waals surface area contributed by atoms with Crippen LogP contribution in [0.25, 0.3) is 11.1 Å². The summed E-state index contributed by atoms with van der Waals surface area (Å²) in [6, 6.07) is 39.3. The molecular weight excluding hydrogens is 759 g/mol. The smallest absolute Gasteiger partial charge is 0.241 e. The van der Waals surface area contributed by atoms with Crippen molar-refractivity contribution in [2.24, 2.45) is 5.92 Å². The molecule has 7 rings (SSSR count). The number of likely N-dealkylation sites (tertiary alicyclic amines) is 1. The topological polar surface area (TPSA) is 117 Å². The standard InChI is InChI=1S/C49H57N3O6S/c1-35-16-26-44(27-17-35)59(55,56)51-45(31-37-12-7-6-8-13-37)48(54)50-32-39-14-11-15-43(30-39)40-22-24-42(25-23-40)49-57-46(33-52-28-9-4-3-5-10-29-52)36(2)47(58-49)41-20-18-38(34-53)19-21-41/h6-8,11-27,30,36,45-47,49,51,53H,3-5,9-10,28-29,31-34H2,1-2H3,(H,50,54)/t36-,45+,46+,47+,49+/m0/s1. The number of carbonyl (C=O) groups excluding carboxylic acids is 1. The number of nitrogens with one attached hydrogen (secondary N) is 2. The number of ether oxygens (including phenoxy) is 2. The van der Waals surface area contributed by atoms with E-state index in [0.717, 1.165) is 64.1 Å². The molecule has 10 heteroatoms. The highest BCUT2D eigenvalue weighted by molar-refractivity contribution is 7.89. The number of sulfonamides is 1. The average Bonchev–Trinajstić information content (AvgIpc) is 3.25. The lowest BCUT2D eigenvalue weighted by Crippen LogP contribution is -2.47. The van der Waals surface area contributed by atoms with Crippen molar-refractivity contribution in [1.29, 1.82) is 0 Å². The van der Waals surface area contributed by atoms with E-state index in [9.17, 15) is 18.3 Å². The molecule has 59 heavy (non-hydrogen) atoms. The molecule has 0 aromatic heterocycles. The normalized spacial score (nSPS) is 20.9. The number of benzene rings is 5. The fourth-order valence-corrected chi connectivity index (χ4v) is 9.29. The Morgan fingerprint density at radius 2 is 1.41 bits per heavy atom. The summed E-state index contributed by atoms with van der Waals surface area (Å²) in [5.74, 6) is -0.283. The van der Waals surface area contributed by atoms with Gasteiger partial charge in [-0.1, -0.05) is 141 Å². The van der Waals surface area contributed by atoms with Gasteiger partial charge in [0, 0.05) is 24.6 Å². The van der Waals surface area contributed by atoms with Gasteiger partial charge in [0.05, 0.1) is 23.7 Å². The van der Waals surface area contributed by atoms with Gasteiger partial charge in [-0.05, 0) is 90.9 Å². The van der Waals surface area contributed by atoms with Crippen LogP contribution in [0.15, 0.2) is 132 Å². The van der Waals surface area contributed by atoms with Crippen LogP contribution >= 0.6 is 0 Å². The largest absolute Gasteiger partial charge is 0.392 e. The van der Waals surface area contributed by atoms with E-state index < -0.39 is 28.3 Å². The molecular formula is C49H57N3O6S. The van der Waals surface area contributed by atoms with Crippen molar-refractivity contribution in [3.63, 3.8) is 0 Å². The number of amides is 1. The van der Waals surface area contributed by atoms with Crippen molar-refractivity contribution in [2.45, 2.75) is 95.0 Å². The Bertz CT molecular complexity index is 2210. The Morgan fingerprint density at radius 1 is 0.746 bits per heavy atom. The second-order valence-corrected chi connectivity index (χ2v) is 17.8. The summed E-state index contributed by atoms with van der Waals surface area (Å²) in [6.45, 7) is 7.39. The van der Waals surface area contributed by atoms with Crippen LogP contribution in [0.3, 0.4) is 0 Å².